The third kappa shape index (κ3) is 6.36. The second kappa shape index (κ2) is 15.3. The first-order chi connectivity index (χ1) is 28.8. The SMILES string of the molecule is [B]c1c([B])c([B])c(-c2c([B])c([B])c([B])c3oc4c(-c5nc(-c6ccc(-c7ccccc7)cc6)nc(-c6ccc(-c7ccccc7)cc6)n5)c([B])c([B])c([B])c4c23)c([B])c1[B]. The van der Waals surface area contributed by atoms with Gasteiger partial charge in [0.2, 0.25) is 0 Å². The van der Waals surface area contributed by atoms with Crippen molar-refractivity contribution in [3.63, 3.8) is 0 Å². The maximum Gasteiger partial charge on any atom is 0.167 e. The molecule has 252 valence electrons. The monoisotopic (exact) mass is 737 g/mol. The van der Waals surface area contributed by atoms with E-state index >= 15 is 0 Å². The number of fused-ring (bicyclic) bond motifs is 3. The molecule has 0 spiro atoms. The van der Waals surface area contributed by atoms with Gasteiger partial charge in [-0.2, -0.15) is 0 Å². The Labute approximate surface area is 362 Å². The van der Waals surface area contributed by atoms with Crippen LogP contribution in [0, 0.1) is 0 Å². The van der Waals surface area contributed by atoms with E-state index in [0.29, 0.717) is 22.8 Å². The summed E-state index contributed by atoms with van der Waals surface area (Å²) in [5, 5.41) is 0.528. The van der Waals surface area contributed by atoms with E-state index in [1.807, 2.05) is 109 Å². The van der Waals surface area contributed by atoms with E-state index in [2.05, 4.69) is 0 Å². The standard InChI is InChI=1S/C45H18B11N3O/c46-30-25(27-31(47)36(52)39(55)37(53)32(27)48)26-28-33(49)35(51)34(50)29(41(28)60-42(26)40(56)38(30)54)45-58-43(23-15-11-21(12-16-23)19-7-3-1-4-8-19)57-44(59-45)24-17-13-22(14-18-24)20-9-5-2-6-10-20/h1-18H. The number of nitrogens with zero attached hydrogens (tertiary/aromatic N) is 3. The van der Waals surface area contributed by atoms with Crippen LogP contribution in [0.1, 0.15) is 0 Å². The average molecular weight is 736 g/mol. The Morgan fingerprint density at radius 3 is 1.10 bits per heavy atom. The molecule has 0 saturated heterocycles. The molecule has 4 nitrogen and oxygen atoms in total. The van der Waals surface area contributed by atoms with Gasteiger partial charge in [0, 0.05) is 21.9 Å². The zero-order valence-electron chi connectivity index (χ0n) is 32.0. The van der Waals surface area contributed by atoms with Crippen molar-refractivity contribution in [3.8, 4) is 67.5 Å². The minimum absolute atomic E-state index is 0.00338. The van der Waals surface area contributed by atoms with Crippen LogP contribution < -0.4 is 60.1 Å². The molecular weight excluding hydrogens is 717 g/mol. The molecule has 0 unspecified atom stereocenters. The fraction of sp³-hybridized carbons (Fsp3) is 0. The van der Waals surface area contributed by atoms with Gasteiger partial charge in [-0.1, -0.05) is 142 Å². The van der Waals surface area contributed by atoms with E-state index in [4.69, 9.17) is 106 Å². The minimum atomic E-state index is -0.0203. The fourth-order valence-electron chi connectivity index (χ4n) is 7.60. The molecule has 0 aliphatic rings. The Balaban J connectivity index is 1.33. The molecule has 7 aromatic carbocycles. The van der Waals surface area contributed by atoms with Crippen molar-refractivity contribution in [1.29, 1.82) is 0 Å². The van der Waals surface area contributed by atoms with Crippen molar-refractivity contribution < 1.29 is 4.42 Å². The largest absolute Gasteiger partial charge is 0.456 e. The highest BCUT2D eigenvalue weighted by atomic mass is 16.3. The Hall–Kier alpha value is -5.94. The van der Waals surface area contributed by atoms with E-state index < -0.39 is 0 Å². The summed E-state index contributed by atoms with van der Waals surface area (Å²) in [5.74, 6) is 0.828. The number of furan rings is 1. The summed E-state index contributed by atoms with van der Waals surface area (Å²) in [6.07, 6.45) is 0. The highest BCUT2D eigenvalue weighted by Crippen LogP contribution is 2.37. The van der Waals surface area contributed by atoms with Crippen LogP contribution in [0.2, 0.25) is 0 Å². The van der Waals surface area contributed by atoms with Gasteiger partial charge >= 0.3 is 0 Å². The van der Waals surface area contributed by atoms with Gasteiger partial charge in [-0.05, 0) is 33.4 Å². The molecule has 9 rings (SSSR count). The summed E-state index contributed by atoms with van der Waals surface area (Å²) >= 11 is 0. The quantitative estimate of drug-likeness (QED) is 0.196. The fourth-order valence-corrected chi connectivity index (χ4v) is 7.60. The van der Waals surface area contributed by atoms with Crippen molar-refractivity contribution >= 4 is 168 Å². The summed E-state index contributed by atoms with van der Waals surface area (Å²) in [7, 11) is 72.3. The Bertz CT molecular complexity index is 3060. The lowest BCUT2D eigenvalue weighted by Gasteiger charge is -2.25. The van der Waals surface area contributed by atoms with Crippen molar-refractivity contribution in [2.24, 2.45) is 0 Å². The highest BCUT2D eigenvalue weighted by Gasteiger charge is 2.27. The highest BCUT2D eigenvalue weighted by molar-refractivity contribution is 6.71. The second-order valence-electron chi connectivity index (χ2n) is 14.4. The molecule has 0 aliphatic heterocycles. The lowest BCUT2D eigenvalue weighted by Crippen LogP contribution is -2.56. The lowest BCUT2D eigenvalue weighted by molar-refractivity contribution is 0.673. The van der Waals surface area contributed by atoms with Crippen molar-refractivity contribution in [2.45, 2.75) is 0 Å². The van der Waals surface area contributed by atoms with E-state index in [0.717, 1.165) is 22.3 Å². The number of aromatic nitrogens is 3. The average Bonchev–Trinajstić information content (AvgIpc) is 3.68. The third-order valence-corrected chi connectivity index (χ3v) is 10.9. The minimum Gasteiger partial charge on any atom is -0.456 e. The molecule has 0 atom stereocenters. The van der Waals surface area contributed by atoms with Crippen LogP contribution in [0.15, 0.2) is 114 Å². The number of hydrogen-bond acceptors (Lipinski definition) is 4. The lowest BCUT2D eigenvalue weighted by atomic mass is 9.57. The molecule has 2 heterocycles. The van der Waals surface area contributed by atoms with Gasteiger partial charge in [0.05, 0.1) is 5.56 Å². The van der Waals surface area contributed by atoms with E-state index in [9.17, 15) is 0 Å². The molecule has 0 aliphatic carbocycles. The summed E-state index contributed by atoms with van der Waals surface area (Å²) in [5.41, 5.74) is 6.41. The number of benzene rings is 7. The smallest absolute Gasteiger partial charge is 0.167 e. The molecular formula is C45H18B11N3O. The molecule has 2 aromatic heterocycles. The first kappa shape index (κ1) is 39.5. The van der Waals surface area contributed by atoms with Crippen molar-refractivity contribution in [3.05, 3.63) is 109 Å². The van der Waals surface area contributed by atoms with E-state index in [-0.39, 0.29) is 105 Å². The molecule has 60 heavy (non-hydrogen) atoms. The van der Waals surface area contributed by atoms with Crippen LogP contribution >= 0.6 is 0 Å². The normalized spacial score (nSPS) is 11.4. The summed E-state index contributed by atoms with van der Waals surface area (Å²) in [4.78, 5) is 15.0. The molecule has 9 aromatic rings. The number of hydrogen-bond donors (Lipinski definition) is 0. The maximum atomic E-state index is 6.87. The first-order valence-electron chi connectivity index (χ1n) is 18.6. The van der Waals surface area contributed by atoms with Crippen LogP contribution in [-0.2, 0) is 0 Å². The summed E-state index contributed by atoms with van der Waals surface area (Å²) < 4.78 is 6.62. The first-order valence-corrected chi connectivity index (χ1v) is 18.6. The molecule has 0 saturated carbocycles. The predicted octanol–water partition coefficient (Wildman–Crippen LogP) is -1.50. The molecule has 15 heteroatoms. The van der Waals surface area contributed by atoms with Crippen LogP contribution in [-0.4, -0.2) is 101 Å². The molecule has 0 N–H and O–H groups in total. The van der Waals surface area contributed by atoms with Crippen LogP contribution in [0.4, 0.5) is 0 Å². The molecule has 0 bridgehead atoms. The van der Waals surface area contributed by atoms with Gasteiger partial charge < -0.3 is 4.42 Å². The molecule has 0 fully saturated rings. The predicted molar refractivity (Wildman–Crippen MR) is 259 cm³/mol. The van der Waals surface area contributed by atoms with Crippen LogP contribution in [0.25, 0.3) is 89.5 Å². The topological polar surface area (TPSA) is 51.8 Å². The van der Waals surface area contributed by atoms with Gasteiger partial charge in [-0.15, -0.1) is 27.3 Å². The second-order valence-corrected chi connectivity index (χ2v) is 14.4. The van der Waals surface area contributed by atoms with Gasteiger partial charge in [0.15, 0.2) is 17.5 Å². The Morgan fingerprint density at radius 1 is 0.267 bits per heavy atom. The molecule has 22 radical (unpaired) electrons. The van der Waals surface area contributed by atoms with Gasteiger partial charge in [-0.25, -0.2) is 15.0 Å². The van der Waals surface area contributed by atoms with Crippen molar-refractivity contribution in [1.82, 2.24) is 15.0 Å². The van der Waals surface area contributed by atoms with Gasteiger partial charge in [-0.3, -0.25) is 0 Å². The maximum absolute atomic E-state index is 6.87. The van der Waals surface area contributed by atoms with Crippen LogP contribution in [0.3, 0.4) is 0 Å². The summed E-state index contributed by atoms with van der Waals surface area (Å²) in [6, 6.07) is 35.8. The molecule has 0 amide bonds. The number of rotatable bonds is 6. The van der Waals surface area contributed by atoms with E-state index in [1.165, 1.54) is 0 Å². The van der Waals surface area contributed by atoms with Crippen LogP contribution in [0.5, 0.6) is 0 Å². The summed E-state index contributed by atoms with van der Waals surface area (Å²) in [6.45, 7) is 0. The Kier molecular flexibility index (Phi) is 10.1. The van der Waals surface area contributed by atoms with Crippen molar-refractivity contribution in [2.75, 3.05) is 0 Å². The van der Waals surface area contributed by atoms with Gasteiger partial charge in [0.1, 0.15) is 97.5 Å². The van der Waals surface area contributed by atoms with Gasteiger partial charge in [0.25, 0.3) is 0 Å². The zero-order valence-corrected chi connectivity index (χ0v) is 32.0. The third-order valence-electron chi connectivity index (χ3n) is 10.9. The Morgan fingerprint density at radius 2 is 0.617 bits per heavy atom. The zero-order chi connectivity index (χ0) is 42.1. The van der Waals surface area contributed by atoms with E-state index in [1.54, 1.807) is 0 Å².